The lowest BCUT2D eigenvalue weighted by atomic mass is 10.2. The van der Waals surface area contributed by atoms with Gasteiger partial charge < -0.3 is 10.1 Å². The Morgan fingerprint density at radius 3 is 2.11 bits per heavy atom. The monoisotopic (exact) mass is 398 g/mol. The lowest BCUT2D eigenvalue weighted by Gasteiger charge is -2.19. The third-order valence-corrected chi connectivity index (χ3v) is 2.17. The number of rotatable bonds is 4. The molecule has 1 amide bonds. The first-order chi connectivity index (χ1) is 16.6. The molecular weight excluding hydrogens is 360 g/mol. The molecule has 28 heavy (non-hydrogen) atoms. The highest BCUT2D eigenvalue weighted by Gasteiger charge is 2.15. The number of nitrogens with zero attached hydrogens (tertiary/aromatic N) is 7. The summed E-state index contributed by atoms with van der Waals surface area (Å²) in [4.78, 5) is 28.2. The molecule has 2 heterocycles. The topological polar surface area (TPSA) is 139 Å². The van der Waals surface area contributed by atoms with Crippen LogP contribution in [0.5, 0.6) is 0 Å². The van der Waals surface area contributed by atoms with Crippen molar-refractivity contribution in [2.75, 3.05) is 0 Å². The van der Waals surface area contributed by atoms with Crippen LogP contribution < -0.4 is 5.32 Å². The van der Waals surface area contributed by atoms with Crippen molar-refractivity contribution in [1.82, 2.24) is 25.3 Å². The van der Waals surface area contributed by atoms with Crippen LogP contribution in [0.15, 0.2) is 29.9 Å². The van der Waals surface area contributed by atoms with Gasteiger partial charge in [-0.1, -0.05) is 12.5 Å². The fourth-order valence-electron chi connectivity index (χ4n) is 1.26. The Hall–Kier alpha value is -3.26. The maximum Gasteiger partial charge on any atom is 0.408 e. The van der Waals surface area contributed by atoms with Gasteiger partial charge in [-0.3, -0.25) is 0 Å². The van der Waals surface area contributed by atoms with E-state index in [-0.39, 0.29) is 30.2 Å². The summed E-state index contributed by atoms with van der Waals surface area (Å²) in [6.07, 6.45) is 3.02. The molecule has 0 aliphatic carbocycles. The fourth-order valence-corrected chi connectivity index (χ4v) is 1.26. The summed E-state index contributed by atoms with van der Waals surface area (Å²) in [6, 6.07) is 0. The van der Waals surface area contributed by atoms with E-state index in [1.165, 1.54) is 0 Å². The average Bonchev–Trinajstić information content (AvgIpc) is 2.71. The molecule has 0 saturated heterocycles. The van der Waals surface area contributed by atoms with Crippen molar-refractivity contribution in [2.45, 2.75) is 60.5 Å². The second-order valence-electron chi connectivity index (χ2n) is 5.64. The van der Waals surface area contributed by atoms with Crippen LogP contribution in [-0.2, 0) is 17.7 Å². The van der Waals surface area contributed by atoms with Gasteiger partial charge in [0.05, 0.1) is 15.7 Å². The van der Waals surface area contributed by atoms with Gasteiger partial charge in [0, 0.05) is 40.7 Å². The SMILES string of the molecule is C.[2H]C([2H])([2H])c1cnc(C([2H])([2H])N=[N+]=[N-])nc1.[2H]C([2H])([2H])c1cnc(C([2H])([2H])NC(=O)OC(C)(C)C)nc1. The minimum absolute atomic E-state index is 0. The molecular formula is C18H28N8O2. The normalized spacial score (nSPS) is 17.0. The first kappa shape index (κ1) is 12.2. The molecule has 0 radical (unpaired) electrons. The molecule has 0 saturated carbocycles. The third kappa shape index (κ3) is 11.4. The number of alkyl carbamates (subject to hydrolysis) is 1. The number of aromatic nitrogens is 4. The molecule has 2 aromatic rings. The summed E-state index contributed by atoms with van der Waals surface area (Å²) in [6.45, 7) is -4.55. The van der Waals surface area contributed by atoms with Crippen molar-refractivity contribution in [3.8, 4) is 0 Å². The number of carbonyl (C=O) groups excluding carboxylic acids is 1. The molecule has 0 fully saturated rings. The maximum absolute atomic E-state index is 11.6. The highest BCUT2D eigenvalue weighted by molar-refractivity contribution is 5.67. The Morgan fingerprint density at radius 1 is 1.18 bits per heavy atom. The summed E-state index contributed by atoms with van der Waals surface area (Å²) < 4.78 is 77.6. The first-order valence-corrected chi connectivity index (χ1v) is 7.32. The largest absolute Gasteiger partial charge is 0.444 e. The van der Waals surface area contributed by atoms with Gasteiger partial charge in [-0.05, 0) is 51.1 Å². The predicted molar refractivity (Wildman–Crippen MR) is 106 cm³/mol. The van der Waals surface area contributed by atoms with E-state index < -0.39 is 38.4 Å². The van der Waals surface area contributed by atoms with E-state index in [1.807, 2.05) is 5.32 Å². The standard InChI is InChI=1S/C11H17N3O2.C6H7N5.CH4/c1-8-5-12-9(13-6-8)7-14-10(15)16-11(2,3)4;1-5-2-8-6(9-3-5)4-10-11-7;/h5-6H,7H2,1-4H3,(H,14,15);2-3H,4H2,1H3;1H4/i1D3,7D2;1D3,4D2;. The molecule has 10 nitrogen and oxygen atoms in total. The van der Waals surface area contributed by atoms with E-state index >= 15 is 0 Å². The van der Waals surface area contributed by atoms with Gasteiger partial charge >= 0.3 is 6.09 Å². The summed E-state index contributed by atoms with van der Waals surface area (Å²) in [7, 11) is 0. The van der Waals surface area contributed by atoms with Crippen molar-refractivity contribution < 1.29 is 23.2 Å². The fraction of sp³-hybridized carbons (Fsp3) is 0.500. The van der Waals surface area contributed by atoms with Crippen molar-refractivity contribution in [1.29, 1.82) is 0 Å². The summed E-state index contributed by atoms with van der Waals surface area (Å²) in [5, 5.41) is 4.86. The molecule has 0 spiro atoms. The number of hydrogen-bond donors (Lipinski definition) is 1. The second kappa shape index (κ2) is 12.2. The van der Waals surface area contributed by atoms with Crippen LogP contribution in [0, 0.1) is 13.7 Å². The van der Waals surface area contributed by atoms with Crippen molar-refractivity contribution in [3.63, 3.8) is 0 Å². The molecule has 0 aromatic carbocycles. The summed E-state index contributed by atoms with van der Waals surface area (Å²) in [5.41, 5.74) is 7.13. The van der Waals surface area contributed by atoms with Crippen LogP contribution in [0.2, 0.25) is 0 Å². The van der Waals surface area contributed by atoms with Crippen LogP contribution in [0.3, 0.4) is 0 Å². The van der Waals surface area contributed by atoms with E-state index in [0.29, 0.717) is 0 Å². The lowest BCUT2D eigenvalue weighted by molar-refractivity contribution is 0.0522. The Kier molecular flexibility index (Phi) is 5.33. The molecule has 0 atom stereocenters. The molecule has 2 rings (SSSR count). The van der Waals surface area contributed by atoms with Crippen molar-refractivity contribution >= 4 is 6.09 Å². The van der Waals surface area contributed by atoms with Crippen LogP contribution in [0.1, 0.15) is 64.7 Å². The first-order valence-electron chi connectivity index (χ1n) is 12.3. The second-order valence-corrected chi connectivity index (χ2v) is 5.64. The number of amides is 1. The third-order valence-electron chi connectivity index (χ3n) is 2.17. The molecule has 152 valence electrons. The van der Waals surface area contributed by atoms with Gasteiger partial charge in [0.15, 0.2) is 0 Å². The van der Waals surface area contributed by atoms with Gasteiger partial charge in [0.2, 0.25) is 0 Å². The Bertz CT molecular complexity index is 1110. The Morgan fingerprint density at radius 2 is 1.68 bits per heavy atom. The number of carbonyl (C=O) groups is 1. The predicted octanol–water partition coefficient (Wildman–Crippen LogP) is 4.04. The number of ether oxygens (including phenoxy) is 1. The lowest BCUT2D eigenvalue weighted by Crippen LogP contribution is -2.32. The van der Waals surface area contributed by atoms with Crippen LogP contribution in [-0.4, -0.2) is 31.6 Å². The zero-order chi connectivity index (χ0) is 28.9. The van der Waals surface area contributed by atoms with E-state index in [9.17, 15) is 4.79 Å². The smallest absolute Gasteiger partial charge is 0.408 e. The van der Waals surface area contributed by atoms with E-state index in [2.05, 4.69) is 30.0 Å². The summed E-state index contributed by atoms with van der Waals surface area (Å²) in [5.74, 6) is -0.736. The Labute approximate surface area is 179 Å². The molecule has 0 aliphatic heterocycles. The van der Waals surface area contributed by atoms with Crippen LogP contribution in [0.25, 0.3) is 10.4 Å². The van der Waals surface area contributed by atoms with E-state index in [1.54, 1.807) is 20.8 Å². The molecule has 0 aliphatic rings. The van der Waals surface area contributed by atoms with Gasteiger partial charge in [0.1, 0.15) is 17.2 Å². The average molecular weight is 399 g/mol. The van der Waals surface area contributed by atoms with E-state index in [0.717, 1.165) is 24.8 Å². The zero-order valence-electron chi connectivity index (χ0n) is 24.8. The number of azide groups is 1. The minimum Gasteiger partial charge on any atom is -0.444 e. The van der Waals surface area contributed by atoms with Crippen molar-refractivity contribution in [3.05, 3.63) is 58.0 Å². The molecule has 1 N–H and O–H groups in total. The van der Waals surface area contributed by atoms with Gasteiger partial charge in [-0.15, -0.1) is 0 Å². The Balaban J connectivity index is 0.000000726. The highest BCUT2D eigenvalue weighted by atomic mass is 16.6. The van der Waals surface area contributed by atoms with Crippen LogP contribution in [0.4, 0.5) is 4.79 Å². The van der Waals surface area contributed by atoms with Crippen LogP contribution >= 0.6 is 0 Å². The molecule has 2 aromatic heterocycles. The molecule has 0 unspecified atom stereocenters. The maximum atomic E-state index is 11.6. The molecule has 0 bridgehead atoms. The van der Waals surface area contributed by atoms with Gasteiger partial charge in [0.25, 0.3) is 0 Å². The highest BCUT2D eigenvalue weighted by Crippen LogP contribution is 2.06. The number of hydrogen-bond acceptors (Lipinski definition) is 7. The molecule has 10 heteroatoms. The van der Waals surface area contributed by atoms with Gasteiger partial charge in [-0.25, -0.2) is 24.7 Å². The quantitative estimate of drug-likeness (QED) is 0.468. The number of aryl methyl sites for hydroxylation is 2. The minimum atomic E-state index is -2.39. The van der Waals surface area contributed by atoms with Crippen molar-refractivity contribution in [2.24, 2.45) is 5.11 Å². The summed E-state index contributed by atoms with van der Waals surface area (Å²) >= 11 is 0. The zero-order valence-corrected chi connectivity index (χ0v) is 14.8. The van der Waals surface area contributed by atoms with Gasteiger partial charge in [-0.2, -0.15) is 0 Å². The van der Waals surface area contributed by atoms with E-state index in [4.69, 9.17) is 24.0 Å². The number of nitrogens with one attached hydrogen (secondary N) is 1.